The van der Waals surface area contributed by atoms with E-state index < -0.39 is 10.8 Å². The van der Waals surface area contributed by atoms with Crippen LogP contribution in [0.4, 0.5) is 17.1 Å². The molecule has 0 N–H and O–H groups in total. The van der Waals surface area contributed by atoms with E-state index in [2.05, 4.69) is 280 Å². The molecule has 2 spiro atoms. The fourth-order valence-corrected chi connectivity index (χ4v) is 14.9. The molecule has 13 aromatic carbocycles. The molecule has 0 radical (unpaired) electrons. The van der Waals surface area contributed by atoms with Crippen molar-refractivity contribution in [1.29, 1.82) is 0 Å². The summed E-state index contributed by atoms with van der Waals surface area (Å²) < 4.78 is 0. The highest BCUT2D eigenvalue weighted by Crippen LogP contribution is 2.66. The monoisotopic (exact) mass is 977 g/mol. The van der Waals surface area contributed by atoms with E-state index in [4.69, 9.17) is 0 Å². The number of hydrogen-bond donors (Lipinski definition) is 0. The van der Waals surface area contributed by atoms with Gasteiger partial charge in [-0.2, -0.15) is 0 Å². The highest BCUT2D eigenvalue weighted by Gasteiger charge is 2.53. The Morgan fingerprint density at radius 2 is 0.519 bits per heavy atom. The van der Waals surface area contributed by atoms with Gasteiger partial charge in [0.2, 0.25) is 0 Å². The second-order valence-electron chi connectivity index (χ2n) is 23.2. The fraction of sp³-hybridized carbons (Fsp3) is 0.0789. The topological polar surface area (TPSA) is 3.24 Å². The van der Waals surface area contributed by atoms with Crippen molar-refractivity contribution in [2.45, 2.75) is 37.0 Å². The van der Waals surface area contributed by atoms with E-state index in [9.17, 15) is 0 Å². The van der Waals surface area contributed by atoms with Gasteiger partial charge in [0.15, 0.2) is 0 Å². The zero-order valence-electron chi connectivity index (χ0n) is 43.2. The highest BCUT2D eigenvalue weighted by atomic mass is 15.1. The van der Waals surface area contributed by atoms with Crippen LogP contribution in [0.3, 0.4) is 0 Å². The summed E-state index contributed by atoms with van der Waals surface area (Å²) in [6.45, 7) is 6.90. The van der Waals surface area contributed by atoms with Crippen molar-refractivity contribution in [2.24, 2.45) is 0 Å². The Morgan fingerprint density at radius 1 is 0.234 bits per heavy atom. The lowest BCUT2D eigenvalue weighted by atomic mass is 9.70. The first-order chi connectivity index (χ1) is 37.8. The van der Waals surface area contributed by atoms with Crippen LogP contribution in [0.2, 0.25) is 0 Å². The van der Waals surface area contributed by atoms with Crippen LogP contribution in [0, 0.1) is 0 Å². The van der Waals surface area contributed by atoms with Crippen LogP contribution < -0.4 is 4.90 Å². The molecule has 0 saturated carbocycles. The van der Waals surface area contributed by atoms with Crippen molar-refractivity contribution < 1.29 is 0 Å². The zero-order valence-corrected chi connectivity index (χ0v) is 43.2. The van der Waals surface area contributed by atoms with E-state index in [0.29, 0.717) is 0 Å². The number of nitrogens with zero attached hydrogens (tertiary/aromatic N) is 1. The summed E-state index contributed by atoms with van der Waals surface area (Å²) in [7, 11) is 0. The van der Waals surface area contributed by atoms with Gasteiger partial charge in [-0.3, -0.25) is 0 Å². The Morgan fingerprint density at radius 3 is 0.870 bits per heavy atom. The van der Waals surface area contributed by atoms with Gasteiger partial charge in [0.05, 0.1) is 10.8 Å². The third-order valence-corrected chi connectivity index (χ3v) is 18.3. The summed E-state index contributed by atoms with van der Waals surface area (Å²) in [5.41, 5.74) is 25.2. The molecule has 13 aromatic rings. The van der Waals surface area contributed by atoms with Crippen LogP contribution in [-0.4, -0.2) is 0 Å². The van der Waals surface area contributed by atoms with Gasteiger partial charge >= 0.3 is 0 Å². The summed E-state index contributed by atoms with van der Waals surface area (Å²) in [6, 6.07) is 97.8. The highest BCUT2D eigenvalue weighted by molar-refractivity contribution is 6.06. The Kier molecular flexibility index (Phi) is 8.48. The second-order valence-corrected chi connectivity index (χ2v) is 23.2. The van der Waals surface area contributed by atoms with Gasteiger partial charge in [0, 0.05) is 17.1 Å². The summed E-state index contributed by atoms with van der Waals surface area (Å²) in [5.74, 6) is 0. The fourth-order valence-electron chi connectivity index (χ4n) is 14.9. The summed E-state index contributed by atoms with van der Waals surface area (Å²) in [4.78, 5) is 2.49. The minimum absolute atomic E-state index is 0.0176. The molecule has 0 amide bonds. The molecule has 0 unspecified atom stereocenters. The van der Waals surface area contributed by atoms with Crippen molar-refractivity contribution >= 4 is 60.2 Å². The minimum Gasteiger partial charge on any atom is -0.310 e. The molecule has 0 heterocycles. The number of rotatable bonds is 3. The molecule has 360 valence electrons. The summed E-state index contributed by atoms with van der Waals surface area (Å²) in [6.07, 6.45) is 0. The molecule has 0 bridgehead atoms. The second kappa shape index (κ2) is 15.2. The maximum atomic E-state index is 2.54. The van der Waals surface area contributed by atoms with E-state index in [1.54, 1.807) is 0 Å². The Balaban J connectivity index is 0.890. The van der Waals surface area contributed by atoms with E-state index >= 15 is 0 Å². The van der Waals surface area contributed by atoms with E-state index in [1.165, 1.54) is 138 Å². The molecule has 4 aliphatic carbocycles. The van der Waals surface area contributed by atoms with Crippen LogP contribution >= 0.6 is 0 Å². The first kappa shape index (κ1) is 43.0. The van der Waals surface area contributed by atoms with Crippen LogP contribution in [0.1, 0.15) is 70.8 Å². The minimum atomic E-state index is -0.461. The van der Waals surface area contributed by atoms with Crippen LogP contribution in [0.5, 0.6) is 0 Å². The number of anilines is 3. The van der Waals surface area contributed by atoms with Gasteiger partial charge < -0.3 is 4.90 Å². The van der Waals surface area contributed by atoms with Gasteiger partial charge in [0.1, 0.15) is 0 Å². The largest absolute Gasteiger partial charge is 0.310 e. The molecule has 17 rings (SSSR count). The average molecular weight is 978 g/mol. The molecule has 1 heteroatoms. The Hall–Kier alpha value is -9.30. The van der Waals surface area contributed by atoms with Crippen molar-refractivity contribution in [3.05, 3.63) is 305 Å². The molecule has 1 nitrogen and oxygen atoms in total. The van der Waals surface area contributed by atoms with Crippen molar-refractivity contribution in [3.8, 4) is 44.5 Å². The molecular formula is C76H51N. The molecule has 0 atom stereocenters. The van der Waals surface area contributed by atoms with Crippen molar-refractivity contribution in [1.82, 2.24) is 0 Å². The predicted octanol–water partition coefficient (Wildman–Crippen LogP) is 19.8. The van der Waals surface area contributed by atoms with Crippen molar-refractivity contribution in [3.63, 3.8) is 0 Å². The first-order valence-electron chi connectivity index (χ1n) is 27.3. The molecule has 0 saturated heterocycles. The number of fused-ring (bicyclic) bond motifs is 24. The zero-order chi connectivity index (χ0) is 50.9. The van der Waals surface area contributed by atoms with E-state index in [0.717, 1.165) is 17.1 Å². The van der Waals surface area contributed by atoms with Gasteiger partial charge in [0.25, 0.3) is 0 Å². The van der Waals surface area contributed by atoms with Gasteiger partial charge in [-0.1, -0.05) is 191 Å². The van der Waals surface area contributed by atoms with Crippen LogP contribution in [-0.2, 0) is 16.2 Å². The van der Waals surface area contributed by atoms with Crippen LogP contribution in [0.25, 0.3) is 87.6 Å². The number of benzene rings is 13. The molecular weight excluding hydrogens is 927 g/mol. The summed E-state index contributed by atoms with van der Waals surface area (Å²) >= 11 is 0. The Labute approximate surface area is 449 Å². The normalized spacial score (nSPS) is 14.4. The third-order valence-electron chi connectivity index (χ3n) is 18.3. The molecule has 0 fully saturated rings. The lowest BCUT2D eigenvalue weighted by molar-refractivity contribution is 0.590. The first-order valence-corrected chi connectivity index (χ1v) is 27.3. The Bertz CT molecular complexity index is 4370. The van der Waals surface area contributed by atoms with Crippen molar-refractivity contribution in [2.75, 3.05) is 4.90 Å². The van der Waals surface area contributed by atoms with Gasteiger partial charge in [-0.15, -0.1) is 0 Å². The SMILES string of the molecule is CC(C)(C)c1ccc(N(c2ccc3cc4c(cc3c2)C2(c3ccccc3-c3ccccc32)c2cc3ccccc3cc2-4)c2ccc3cc4c(cc3c2)C2(c3ccccc3-c3ccccc32)c2cc3ccccc3cc2-4)cc1. The maximum Gasteiger partial charge on any atom is 0.0725 e. The lowest BCUT2D eigenvalue weighted by Gasteiger charge is -2.31. The van der Waals surface area contributed by atoms with Gasteiger partial charge in [-0.25, -0.2) is 0 Å². The summed E-state index contributed by atoms with van der Waals surface area (Å²) in [5, 5.41) is 9.98. The van der Waals surface area contributed by atoms with Crippen LogP contribution in [0.15, 0.2) is 255 Å². The smallest absolute Gasteiger partial charge is 0.0725 e. The standard InChI is InChI=1S/C76H51N/c1-74(2,3)54-30-34-55(35-31-54)77(56-32-28-50-40-64-62-38-46-16-4-6-18-48(46)42-70(62)75(72(64)44-52(50)36-56)66-24-12-8-20-58(66)59-21-9-13-25-67(59)75)57-33-29-51-41-65-63-39-47-17-5-7-19-49(47)43-71(63)76(73(65)45-53(51)37-57)68-26-14-10-22-60(68)61-23-11-15-27-69(61)76/h4-45H,1-3H3. The predicted molar refractivity (Wildman–Crippen MR) is 322 cm³/mol. The third kappa shape index (κ3) is 5.63. The molecule has 4 aliphatic rings. The van der Waals surface area contributed by atoms with E-state index in [-0.39, 0.29) is 5.41 Å². The number of hydrogen-bond acceptors (Lipinski definition) is 1. The molecule has 0 aromatic heterocycles. The maximum absolute atomic E-state index is 2.54. The van der Waals surface area contributed by atoms with Gasteiger partial charge in [-0.05, 0) is 228 Å². The lowest BCUT2D eigenvalue weighted by Crippen LogP contribution is -2.25. The molecule has 77 heavy (non-hydrogen) atoms. The van der Waals surface area contributed by atoms with E-state index in [1.807, 2.05) is 0 Å². The average Bonchev–Trinajstić information content (AvgIpc) is 3.35. The quantitative estimate of drug-likeness (QED) is 0.171. The molecule has 0 aliphatic heterocycles.